The summed E-state index contributed by atoms with van der Waals surface area (Å²) in [5, 5.41) is 10.3. The molecule has 2 aliphatic heterocycles. The summed E-state index contributed by atoms with van der Waals surface area (Å²) in [5.74, 6) is 1.17. The Hall–Kier alpha value is -0.550. The molecule has 0 spiro atoms. The van der Waals surface area contributed by atoms with Crippen molar-refractivity contribution in [2.45, 2.75) is 18.2 Å². The van der Waals surface area contributed by atoms with Gasteiger partial charge in [0.2, 0.25) is 0 Å². The van der Waals surface area contributed by atoms with E-state index in [2.05, 4.69) is 42.2 Å². The summed E-state index contributed by atoms with van der Waals surface area (Å²) in [6, 6.07) is 11.2. The lowest BCUT2D eigenvalue weighted by atomic mass is 9.85. The van der Waals surface area contributed by atoms with E-state index in [0.717, 1.165) is 13.1 Å². The molecule has 3 rings (SSSR count). The van der Waals surface area contributed by atoms with Crippen LogP contribution in [0.4, 0.5) is 0 Å². The molecule has 3 nitrogen and oxygen atoms in total. The van der Waals surface area contributed by atoms with Crippen molar-refractivity contribution in [2.75, 3.05) is 38.7 Å². The number of hydrogen-bond acceptors (Lipinski definition) is 4. The van der Waals surface area contributed by atoms with Gasteiger partial charge in [0.15, 0.2) is 0 Å². The maximum atomic E-state index is 9.68. The van der Waals surface area contributed by atoms with Crippen molar-refractivity contribution in [3.63, 3.8) is 0 Å². The molecule has 2 saturated heterocycles. The van der Waals surface area contributed by atoms with Crippen LogP contribution in [0.5, 0.6) is 0 Å². The molecule has 20 heavy (non-hydrogen) atoms. The molecule has 1 N–H and O–H groups in total. The second-order valence-corrected chi connectivity index (χ2v) is 7.54. The predicted molar refractivity (Wildman–Crippen MR) is 83.0 cm³/mol. The van der Waals surface area contributed by atoms with Gasteiger partial charge in [-0.2, -0.15) is 11.8 Å². The molecule has 2 unspecified atom stereocenters. The van der Waals surface area contributed by atoms with Gasteiger partial charge < -0.3 is 9.84 Å². The molecule has 1 aromatic carbocycles. The van der Waals surface area contributed by atoms with Crippen LogP contribution in [0.3, 0.4) is 0 Å². The summed E-state index contributed by atoms with van der Waals surface area (Å²) in [6.45, 7) is 5.97. The fourth-order valence-electron chi connectivity index (χ4n) is 3.25. The minimum Gasteiger partial charge on any atom is -0.396 e. The molecule has 2 aliphatic rings. The van der Waals surface area contributed by atoms with E-state index < -0.39 is 0 Å². The van der Waals surface area contributed by atoms with Crippen LogP contribution in [0.25, 0.3) is 0 Å². The third-order valence-electron chi connectivity index (χ3n) is 4.43. The molecule has 0 aromatic heterocycles. The zero-order valence-electron chi connectivity index (χ0n) is 12.0. The Balaban J connectivity index is 1.80. The molecule has 0 saturated carbocycles. The van der Waals surface area contributed by atoms with Gasteiger partial charge in [-0.15, -0.1) is 0 Å². The number of rotatable bonds is 4. The summed E-state index contributed by atoms with van der Waals surface area (Å²) < 4.78 is 5.35. The molecule has 2 atom stereocenters. The summed E-state index contributed by atoms with van der Waals surface area (Å²) in [6.07, 6.45) is 0. The van der Waals surface area contributed by atoms with E-state index in [4.69, 9.17) is 4.74 Å². The van der Waals surface area contributed by atoms with Crippen LogP contribution >= 0.6 is 11.8 Å². The maximum absolute atomic E-state index is 9.68. The van der Waals surface area contributed by atoms with Crippen LogP contribution in [-0.4, -0.2) is 53.9 Å². The van der Waals surface area contributed by atoms with Crippen LogP contribution in [0, 0.1) is 5.41 Å². The van der Waals surface area contributed by atoms with Crippen molar-refractivity contribution in [3.05, 3.63) is 35.9 Å². The Kier molecular flexibility index (Phi) is 4.36. The van der Waals surface area contributed by atoms with Crippen LogP contribution in [-0.2, 0) is 4.74 Å². The molecule has 0 radical (unpaired) electrons. The molecule has 0 aliphatic carbocycles. The Bertz CT molecular complexity index is 430. The molecular weight excluding hydrogens is 270 g/mol. The number of nitrogens with zero attached hydrogens (tertiary/aromatic N) is 1. The second-order valence-electron chi connectivity index (χ2n) is 6.05. The Morgan fingerprint density at radius 1 is 1.35 bits per heavy atom. The number of thioether (sulfide) groups is 1. The quantitative estimate of drug-likeness (QED) is 0.922. The first-order valence-electron chi connectivity index (χ1n) is 7.33. The van der Waals surface area contributed by atoms with Crippen LogP contribution in [0.1, 0.15) is 18.5 Å². The second kappa shape index (κ2) is 6.06. The van der Waals surface area contributed by atoms with Gasteiger partial charge in [0.1, 0.15) is 0 Å². The fourth-order valence-corrected chi connectivity index (χ4v) is 4.47. The highest BCUT2D eigenvalue weighted by Crippen LogP contribution is 2.39. The average Bonchev–Trinajstić information content (AvgIpc) is 2.44. The first kappa shape index (κ1) is 14.4. The molecule has 2 fully saturated rings. The lowest BCUT2D eigenvalue weighted by molar-refractivity contribution is -0.151. The van der Waals surface area contributed by atoms with Gasteiger partial charge in [0.05, 0.1) is 25.2 Å². The van der Waals surface area contributed by atoms with E-state index in [1.165, 1.54) is 11.3 Å². The minimum absolute atomic E-state index is 0.0330. The third-order valence-corrected chi connectivity index (χ3v) is 5.63. The zero-order valence-corrected chi connectivity index (χ0v) is 12.8. The Labute approximate surface area is 125 Å². The highest BCUT2D eigenvalue weighted by molar-refractivity contribution is 8.00. The Morgan fingerprint density at radius 3 is 2.70 bits per heavy atom. The van der Waals surface area contributed by atoms with Crippen molar-refractivity contribution in [1.82, 2.24) is 4.90 Å². The third kappa shape index (κ3) is 2.75. The topological polar surface area (TPSA) is 32.7 Å². The monoisotopic (exact) mass is 293 g/mol. The zero-order chi connectivity index (χ0) is 14.0. The van der Waals surface area contributed by atoms with Gasteiger partial charge in [0, 0.05) is 30.1 Å². The number of aliphatic hydroxyl groups excluding tert-OH is 1. The summed E-state index contributed by atoms with van der Waals surface area (Å²) in [5.41, 5.74) is 1.36. The van der Waals surface area contributed by atoms with Crippen molar-refractivity contribution in [2.24, 2.45) is 5.41 Å². The van der Waals surface area contributed by atoms with Crippen LogP contribution in [0.2, 0.25) is 0 Å². The maximum Gasteiger partial charge on any atom is 0.0579 e. The van der Waals surface area contributed by atoms with E-state index in [1.807, 2.05) is 11.8 Å². The first-order chi connectivity index (χ1) is 9.74. The summed E-state index contributed by atoms with van der Waals surface area (Å²) >= 11 is 2.05. The molecule has 0 bridgehead atoms. The van der Waals surface area contributed by atoms with E-state index in [0.29, 0.717) is 24.5 Å². The fraction of sp³-hybridized carbons (Fsp3) is 0.625. The number of hydrogen-bond donors (Lipinski definition) is 1. The molecular formula is C16H23NO2S. The van der Waals surface area contributed by atoms with E-state index in [9.17, 15) is 5.11 Å². The first-order valence-corrected chi connectivity index (χ1v) is 8.38. The van der Waals surface area contributed by atoms with Crippen LogP contribution in [0.15, 0.2) is 30.3 Å². The normalized spacial score (nSPS) is 29.9. The van der Waals surface area contributed by atoms with Gasteiger partial charge in [-0.05, 0) is 5.56 Å². The lowest BCUT2D eigenvalue weighted by Gasteiger charge is -2.48. The number of aliphatic hydroxyl groups is 1. The molecule has 0 amide bonds. The van der Waals surface area contributed by atoms with Gasteiger partial charge >= 0.3 is 0 Å². The molecule has 110 valence electrons. The van der Waals surface area contributed by atoms with Gasteiger partial charge in [-0.1, -0.05) is 37.3 Å². The largest absolute Gasteiger partial charge is 0.396 e. The lowest BCUT2D eigenvalue weighted by Crippen LogP contribution is -2.55. The Morgan fingerprint density at radius 2 is 2.10 bits per heavy atom. The average molecular weight is 293 g/mol. The van der Waals surface area contributed by atoms with Crippen molar-refractivity contribution in [1.29, 1.82) is 0 Å². The number of ether oxygens (including phenoxy) is 1. The highest BCUT2D eigenvalue weighted by atomic mass is 32.2. The minimum atomic E-state index is -0.0330. The summed E-state index contributed by atoms with van der Waals surface area (Å²) in [7, 11) is 0. The molecule has 4 heteroatoms. The van der Waals surface area contributed by atoms with Gasteiger partial charge in [0.25, 0.3) is 0 Å². The molecule has 1 aromatic rings. The molecule has 2 heterocycles. The van der Waals surface area contributed by atoms with Gasteiger partial charge in [-0.25, -0.2) is 0 Å². The number of benzene rings is 1. The van der Waals surface area contributed by atoms with Crippen molar-refractivity contribution >= 4 is 11.8 Å². The SMILES string of the molecule is CC1SCCN(CC2(CO)COC2)C1c1ccccc1. The predicted octanol–water partition coefficient (Wildman–Crippen LogP) is 2.17. The van der Waals surface area contributed by atoms with Crippen molar-refractivity contribution < 1.29 is 9.84 Å². The van der Waals surface area contributed by atoms with E-state index in [1.54, 1.807) is 0 Å². The smallest absolute Gasteiger partial charge is 0.0579 e. The highest BCUT2D eigenvalue weighted by Gasteiger charge is 2.42. The summed E-state index contributed by atoms with van der Waals surface area (Å²) in [4.78, 5) is 2.55. The standard InChI is InChI=1S/C16H23NO2S/c1-13-15(14-5-3-2-4-6-14)17(7-8-20-13)9-16(10-18)11-19-12-16/h2-6,13,15,18H,7-12H2,1H3. The van der Waals surface area contributed by atoms with Crippen molar-refractivity contribution in [3.8, 4) is 0 Å². The van der Waals surface area contributed by atoms with E-state index in [-0.39, 0.29) is 12.0 Å². The van der Waals surface area contributed by atoms with E-state index >= 15 is 0 Å². The van der Waals surface area contributed by atoms with Gasteiger partial charge in [-0.3, -0.25) is 4.90 Å². The van der Waals surface area contributed by atoms with Crippen LogP contribution < -0.4 is 0 Å².